The summed E-state index contributed by atoms with van der Waals surface area (Å²) in [6, 6.07) is 2.52. The smallest absolute Gasteiger partial charge is 0.227 e. The van der Waals surface area contributed by atoms with Gasteiger partial charge in [0, 0.05) is 37.8 Å². The van der Waals surface area contributed by atoms with Crippen LogP contribution in [0.4, 0.5) is 11.8 Å². The van der Waals surface area contributed by atoms with E-state index in [0.29, 0.717) is 17.4 Å². The van der Waals surface area contributed by atoms with E-state index in [1.54, 1.807) is 0 Å². The first kappa shape index (κ1) is 18.4. The highest BCUT2D eigenvalue weighted by Gasteiger charge is 2.55. The molecule has 2 bridgehead atoms. The summed E-state index contributed by atoms with van der Waals surface area (Å²) in [5.41, 5.74) is 1.84. The lowest BCUT2D eigenvalue weighted by Crippen LogP contribution is -2.41. The Kier molecular flexibility index (Phi) is 5.17. The predicted molar refractivity (Wildman–Crippen MR) is 111 cm³/mol. The minimum atomic E-state index is 0.420. The molecule has 0 atom stereocenters. The Hall–Kier alpha value is -1.95. The maximum Gasteiger partial charge on any atom is 0.227 e. The number of aliphatic imine (C=N–C) groups is 1. The van der Waals surface area contributed by atoms with Gasteiger partial charge in [-0.1, -0.05) is 18.4 Å². The molecule has 2 aliphatic carbocycles. The van der Waals surface area contributed by atoms with Gasteiger partial charge in [-0.2, -0.15) is 4.98 Å². The zero-order chi connectivity index (χ0) is 18.9. The lowest BCUT2D eigenvalue weighted by Gasteiger charge is -2.36. The fourth-order valence-electron chi connectivity index (χ4n) is 5.15. The number of hydrogen-bond donors (Lipinski definition) is 2. The van der Waals surface area contributed by atoms with Crippen LogP contribution in [0.2, 0.25) is 0 Å². The van der Waals surface area contributed by atoms with Crippen molar-refractivity contribution >= 4 is 17.6 Å². The fourth-order valence-corrected chi connectivity index (χ4v) is 5.15. The molecule has 146 valence electrons. The van der Waals surface area contributed by atoms with Crippen LogP contribution in [0.15, 0.2) is 28.9 Å². The van der Waals surface area contributed by atoms with Gasteiger partial charge in [0.15, 0.2) is 0 Å². The topological polar surface area (TPSA) is 65.4 Å². The molecule has 0 unspecified atom stereocenters. The van der Waals surface area contributed by atoms with Crippen LogP contribution in [0.5, 0.6) is 0 Å². The van der Waals surface area contributed by atoms with E-state index in [2.05, 4.69) is 38.5 Å². The number of rotatable bonds is 6. The van der Waals surface area contributed by atoms with Crippen molar-refractivity contribution in [1.82, 2.24) is 15.3 Å². The standard InChI is InChI=1S/C21H32N6/c1-15(16-6-4-5-7-16)10-19(23-3)25-18-8-9-24-20(26-18)27-14-21(13-22-2)11-17(27)12-21/h8-10,16-17,22H,4-7,11-14H2,1-3H3,(H,23,24,25,26)/b15-10+. The van der Waals surface area contributed by atoms with E-state index in [0.717, 1.165) is 30.7 Å². The number of amidine groups is 1. The number of allylic oxidation sites excluding steroid dienone is 1. The summed E-state index contributed by atoms with van der Waals surface area (Å²) in [6.45, 7) is 4.36. The monoisotopic (exact) mass is 368 g/mol. The second-order valence-electron chi connectivity index (χ2n) is 8.57. The van der Waals surface area contributed by atoms with Crippen LogP contribution in [-0.2, 0) is 0 Å². The summed E-state index contributed by atoms with van der Waals surface area (Å²) in [5, 5.41) is 6.74. The molecular weight excluding hydrogens is 336 g/mol. The van der Waals surface area contributed by atoms with Gasteiger partial charge in [-0.05, 0) is 57.7 Å². The molecule has 5 rings (SSSR count). The van der Waals surface area contributed by atoms with E-state index in [1.165, 1.54) is 44.1 Å². The number of anilines is 2. The van der Waals surface area contributed by atoms with Gasteiger partial charge in [0.05, 0.1) is 0 Å². The van der Waals surface area contributed by atoms with Gasteiger partial charge in [0.1, 0.15) is 11.7 Å². The van der Waals surface area contributed by atoms with Crippen LogP contribution in [0.1, 0.15) is 45.4 Å². The Bertz CT molecular complexity index is 728. The largest absolute Gasteiger partial charge is 0.337 e. The third kappa shape index (κ3) is 3.72. The molecule has 2 N–H and O–H groups in total. The molecule has 0 aromatic carbocycles. The van der Waals surface area contributed by atoms with E-state index in [-0.39, 0.29) is 0 Å². The van der Waals surface area contributed by atoms with Crippen molar-refractivity contribution in [2.75, 3.05) is 37.4 Å². The Morgan fingerprint density at radius 3 is 2.85 bits per heavy atom. The van der Waals surface area contributed by atoms with Crippen molar-refractivity contribution in [3.05, 3.63) is 23.9 Å². The first-order valence-electron chi connectivity index (χ1n) is 10.3. The van der Waals surface area contributed by atoms with Crippen molar-refractivity contribution < 1.29 is 0 Å². The van der Waals surface area contributed by atoms with E-state index in [1.807, 2.05) is 26.4 Å². The molecule has 4 fully saturated rings. The molecule has 1 aromatic heterocycles. The molecule has 27 heavy (non-hydrogen) atoms. The number of fused-ring (bicyclic) bond motifs is 1. The lowest BCUT2D eigenvalue weighted by molar-refractivity contribution is 0.196. The quantitative estimate of drug-likeness (QED) is 0.596. The second kappa shape index (κ2) is 7.58. The van der Waals surface area contributed by atoms with E-state index in [4.69, 9.17) is 4.98 Å². The first-order valence-corrected chi connectivity index (χ1v) is 10.3. The van der Waals surface area contributed by atoms with E-state index < -0.39 is 0 Å². The molecule has 0 radical (unpaired) electrons. The Morgan fingerprint density at radius 1 is 1.37 bits per heavy atom. The lowest BCUT2D eigenvalue weighted by atomic mass is 9.70. The van der Waals surface area contributed by atoms with Gasteiger partial charge in [0.25, 0.3) is 0 Å². The molecule has 0 amide bonds. The maximum absolute atomic E-state index is 4.79. The minimum absolute atomic E-state index is 0.420. The summed E-state index contributed by atoms with van der Waals surface area (Å²) >= 11 is 0. The molecule has 1 aromatic rings. The van der Waals surface area contributed by atoms with Crippen LogP contribution >= 0.6 is 0 Å². The van der Waals surface area contributed by atoms with Gasteiger partial charge in [0.2, 0.25) is 5.95 Å². The summed E-state index contributed by atoms with van der Waals surface area (Å²) in [7, 11) is 3.87. The molecule has 2 saturated carbocycles. The summed E-state index contributed by atoms with van der Waals surface area (Å²) in [5.74, 6) is 3.25. The normalized spacial score (nSPS) is 28.6. The third-order valence-corrected chi connectivity index (χ3v) is 6.60. The predicted octanol–water partition coefficient (Wildman–Crippen LogP) is 3.24. The molecule has 3 heterocycles. The first-order chi connectivity index (χ1) is 13.1. The van der Waals surface area contributed by atoms with E-state index >= 15 is 0 Å². The third-order valence-electron chi connectivity index (χ3n) is 6.60. The van der Waals surface area contributed by atoms with Crippen LogP contribution < -0.4 is 15.5 Å². The van der Waals surface area contributed by atoms with Crippen molar-refractivity contribution in [3.8, 4) is 0 Å². The molecule has 6 nitrogen and oxygen atoms in total. The Balaban J connectivity index is 1.44. The Labute approximate surface area is 162 Å². The number of nitrogens with zero attached hydrogens (tertiary/aromatic N) is 4. The van der Waals surface area contributed by atoms with Crippen LogP contribution in [-0.4, -0.2) is 49.0 Å². The van der Waals surface area contributed by atoms with Crippen LogP contribution in [0.25, 0.3) is 0 Å². The zero-order valence-electron chi connectivity index (χ0n) is 16.8. The fraction of sp³-hybridized carbons (Fsp3) is 0.667. The number of hydrogen-bond acceptors (Lipinski definition) is 5. The molecular formula is C21H32N6. The van der Waals surface area contributed by atoms with Crippen molar-refractivity contribution in [2.24, 2.45) is 16.3 Å². The maximum atomic E-state index is 4.79. The van der Waals surface area contributed by atoms with E-state index in [9.17, 15) is 0 Å². The zero-order valence-corrected chi connectivity index (χ0v) is 16.8. The number of aromatic nitrogens is 2. The van der Waals surface area contributed by atoms with Gasteiger partial charge >= 0.3 is 0 Å². The summed E-state index contributed by atoms with van der Waals surface area (Å²) in [4.78, 5) is 16.1. The van der Waals surface area contributed by atoms with Gasteiger partial charge in [-0.15, -0.1) is 0 Å². The van der Waals surface area contributed by atoms with Gasteiger partial charge < -0.3 is 15.5 Å². The molecule has 0 spiro atoms. The molecule has 6 heteroatoms. The Morgan fingerprint density at radius 2 is 2.15 bits per heavy atom. The SMILES string of the molecule is CN=C(/C=C(\C)C1CCCC1)Nc1ccnc(N2CC3(CNC)CC2C3)n1. The van der Waals surface area contributed by atoms with Crippen molar-refractivity contribution in [1.29, 1.82) is 0 Å². The average molecular weight is 369 g/mol. The van der Waals surface area contributed by atoms with Crippen LogP contribution in [0.3, 0.4) is 0 Å². The van der Waals surface area contributed by atoms with Gasteiger partial charge in [-0.25, -0.2) is 4.98 Å². The number of nitrogens with one attached hydrogen (secondary N) is 2. The molecule has 2 aliphatic heterocycles. The van der Waals surface area contributed by atoms with Crippen LogP contribution in [0, 0.1) is 11.3 Å². The minimum Gasteiger partial charge on any atom is -0.337 e. The van der Waals surface area contributed by atoms with Gasteiger partial charge in [-0.3, -0.25) is 4.99 Å². The van der Waals surface area contributed by atoms with Crippen molar-refractivity contribution in [3.63, 3.8) is 0 Å². The highest BCUT2D eigenvalue weighted by Crippen LogP contribution is 2.52. The highest BCUT2D eigenvalue weighted by molar-refractivity contribution is 6.03. The van der Waals surface area contributed by atoms with Crippen molar-refractivity contribution in [2.45, 2.75) is 51.5 Å². The second-order valence-corrected chi connectivity index (χ2v) is 8.57. The molecule has 4 aliphatic rings. The highest BCUT2D eigenvalue weighted by atomic mass is 15.3. The average Bonchev–Trinajstić information content (AvgIpc) is 3.36. The summed E-state index contributed by atoms with van der Waals surface area (Å²) in [6.07, 6.45) is 11.9. The molecule has 2 saturated heterocycles. The summed E-state index contributed by atoms with van der Waals surface area (Å²) < 4.78 is 0.